The molecule has 0 aliphatic carbocycles. The molecule has 1 amide bonds. The summed E-state index contributed by atoms with van der Waals surface area (Å²) < 4.78 is 5.84. The Hall–Kier alpha value is -4.07. The molecule has 0 bridgehead atoms. The smallest absolute Gasteiger partial charge is 0.248 e. The summed E-state index contributed by atoms with van der Waals surface area (Å²) in [5, 5.41) is 13.2. The Morgan fingerprint density at radius 3 is 2.45 bits per heavy atom. The molecule has 40 heavy (non-hydrogen) atoms. The second-order valence-corrected chi connectivity index (χ2v) is 10.2. The molecular weight excluding hydrogens is 545 g/mol. The number of nitrogens with zero attached hydrogens (tertiary/aromatic N) is 4. The minimum absolute atomic E-state index is 0.295. The van der Waals surface area contributed by atoms with Gasteiger partial charge in [-0.2, -0.15) is 4.80 Å². The highest BCUT2D eigenvalue weighted by Crippen LogP contribution is 2.34. The number of hydrogen-bond donors (Lipinski definition) is 1. The molecule has 2 aromatic heterocycles. The summed E-state index contributed by atoms with van der Waals surface area (Å²) in [4.78, 5) is 16.7. The predicted octanol–water partition coefficient (Wildman–Crippen LogP) is 8.10. The number of benzene rings is 3. The third kappa shape index (κ3) is 5.62. The third-order valence-corrected chi connectivity index (χ3v) is 7.57. The molecule has 0 aliphatic rings. The summed E-state index contributed by atoms with van der Waals surface area (Å²) in [7, 11) is 0. The highest BCUT2D eigenvalue weighted by Gasteiger charge is 2.13. The van der Waals surface area contributed by atoms with Crippen LogP contribution in [0.25, 0.3) is 34.1 Å². The third-order valence-electron chi connectivity index (χ3n) is 6.75. The van der Waals surface area contributed by atoms with Gasteiger partial charge >= 0.3 is 0 Å². The van der Waals surface area contributed by atoms with Crippen molar-refractivity contribution in [3.63, 3.8) is 0 Å². The van der Waals surface area contributed by atoms with Crippen LogP contribution in [0.5, 0.6) is 0 Å². The minimum Gasteiger partial charge on any atom is -0.457 e. The van der Waals surface area contributed by atoms with E-state index in [1.807, 2.05) is 31.2 Å². The number of anilines is 2. The molecule has 0 fully saturated rings. The maximum Gasteiger partial charge on any atom is 0.248 e. The number of carbonyl (C=O) groups is 1. The summed E-state index contributed by atoms with van der Waals surface area (Å²) in [5.74, 6) is 0.782. The fraction of sp³-hybridized carbons (Fsp3) is 0.194. The zero-order valence-corrected chi connectivity index (χ0v) is 24.2. The zero-order chi connectivity index (χ0) is 28.4. The standard InChI is InChI=1S/C31H29Cl2N5O2/c1-5-37(6-2)21-10-13-28(20(4)16-21)38-35-26-17-19(3)25(18-27(26)36-38)34-30(39)15-12-22-11-14-29(40-22)23-8-7-9-24(32)31(23)33/h7-18H,5-6H2,1-4H3,(H,34,39)/b15-12+. The molecule has 0 saturated carbocycles. The Morgan fingerprint density at radius 1 is 0.975 bits per heavy atom. The van der Waals surface area contributed by atoms with Crippen LogP contribution < -0.4 is 10.2 Å². The van der Waals surface area contributed by atoms with Gasteiger partial charge in [-0.1, -0.05) is 29.3 Å². The van der Waals surface area contributed by atoms with Crippen molar-refractivity contribution in [2.45, 2.75) is 27.7 Å². The Kier molecular flexibility index (Phi) is 7.96. The molecular formula is C31H29Cl2N5O2. The van der Waals surface area contributed by atoms with Crippen LogP contribution in [0.3, 0.4) is 0 Å². The number of amides is 1. The highest BCUT2D eigenvalue weighted by atomic mass is 35.5. The van der Waals surface area contributed by atoms with Crippen LogP contribution >= 0.6 is 23.2 Å². The number of rotatable bonds is 8. The average molecular weight is 575 g/mol. The first-order chi connectivity index (χ1) is 19.3. The molecule has 5 rings (SSSR count). The molecule has 204 valence electrons. The first-order valence-corrected chi connectivity index (χ1v) is 13.8. The molecule has 0 spiro atoms. The molecule has 0 unspecified atom stereocenters. The Labute approximate surface area is 243 Å². The second-order valence-electron chi connectivity index (χ2n) is 9.41. The van der Waals surface area contributed by atoms with E-state index < -0.39 is 0 Å². The van der Waals surface area contributed by atoms with Crippen LogP contribution in [0, 0.1) is 13.8 Å². The van der Waals surface area contributed by atoms with Gasteiger partial charge in [-0.25, -0.2) is 0 Å². The van der Waals surface area contributed by atoms with Crippen LogP contribution in [0.2, 0.25) is 10.0 Å². The van der Waals surface area contributed by atoms with E-state index in [1.54, 1.807) is 35.1 Å². The first kappa shape index (κ1) is 27.5. The van der Waals surface area contributed by atoms with Crippen LogP contribution in [0.1, 0.15) is 30.7 Å². The summed E-state index contributed by atoms with van der Waals surface area (Å²) in [5.41, 5.74) is 6.83. The van der Waals surface area contributed by atoms with Gasteiger partial charge in [-0.3, -0.25) is 4.79 Å². The van der Waals surface area contributed by atoms with Crippen molar-refractivity contribution >= 4 is 57.6 Å². The maximum absolute atomic E-state index is 12.7. The van der Waals surface area contributed by atoms with Crippen molar-refractivity contribution in [1.82, 2.24) is 15.0 Å². The van der Waals surface area contributed by atoms with Gasteiger partial charge in [-0.05, 0) is 99.5 Å². The molecule has 0 radical (unpaired) electrons. The number of nitrogens with one attached hydrogen (secondary N) is 1. The van der Waals surface area contributed by atoms with Crippen LogP contribution in [0.15, 0.2) is 71.2 Å². The second kappa shape index (κ2) is 11.6. The van der Waals surface area contributed by atoms with Crippen molar-refractivity contribution in [3.8, 4) is 17.0 Å². The monoisotopic (exact) mass is 573 g/mol. The summed E-state index contributed by atoms with van der Waals surface area (Å²) in [6.07, 6.45) is 3.02. The lowest BCUT2D eigenvalue weighted by molar-refractivity contribution is -0.111. The SMILES string of the molecule is CCN(CC)c1ccc(-n2nc3cc(C)c(NC(=O)/C=C/c4ccc(-c5cccc(Cl)c5Cl)o4)cc3n2)c(C)c1. The van der Waals surface area contributed by atoms with Crippen molar-refractivity contribution < 1.29 is 9.21 Å². The zero-order valence-electron chi connectivity index (χ0n) is 22.7. The van der Waals surface area contributed by atoms with Crippen molar-refractivity contribution in [2.24, 2.45) is 0 Å². The predicted molar refractivity (Wildman–Crippen MR) is 164 cm³/mol. The van der Waals surface area contributed by atoms with E-state index >= 15 is 0 Å². The first-order valence-electron chi connectivity index (χ1n) is 13.0. The number of hydrogen-bond acceptors (Lipinski definition) is 5. The van der Waals surface area contributed by atoms with E-state index in [-0.39, 0.29) is 5.91 Å². The van der Waals surface area contributed by atoms with Gasteiger partial charge in [0, 0.05) is 36.1 Å². The van der Waals surface area contributed by atoms with Crippen molar-refractivity contribution in [1.29, 1.82) is 0 Å². The fourth-order valence-electron chi connectivity index (χ4n) is 4.57. The normalized spacial score (nSPS) is 11.4. The van der Waals surface area contributed by atoms with E-state index in [1.165, 1.54) is 11.8 Å². The topological polar surface area (TPSA) is 76.2 Å². The van der Waals surface area contributed by atoms with E-state index in [9.17, 15) is 4.79 Å². The van der Waals surface area contributed by atoms with E-state index in [0.29, 0.717) is 38.3 Å². The molecule has 2 heterocycles. The molecule has 3 aromatic carbocycles. The minimum atomic E-state index is -0.295. The number of halogens is 2. The van der Waals surface area contributed by atoms with Gasteiger partial charge < -0.3 is 14.6 Å². The lowest BCUT2D eigenvalue weighted by Crippen LogP contribution is -2.21. The van der Waals surface area contributed by atoms with Crippen LogP contribution in [-0.2, 0) is 4.79 Å². The molecule has 0 atom stereocenters. The summed E-state index contributed by atoms with van der Waals surface area (Å²) in [6.45, 7) is 10.2. The number of fused-ring (bicyclic) bond motifs is 1. The van der Waals surface area contributed by atoms with Crippen LogP contribution in [0.4, 0.5) is 11.4 Å². The average Bonchev–Trinajstić information content (AvgIpc) is 3.57. The Bertz CT molecular complexity index is 1730. The van der Waals surface area contributed by atoms with Gasteiger partial charge in [-0.15, -0.1) is 10.2 Å². The lowest BCUT2D eigenvalue weighted by atomic mass is 10.1. The van der Waals surface area contributed by atoms with E-state index in [0.717, 1.165) is 35.4 Å². The molecule has 5 aromatic rings. The molecule has 7 nitrogen and oxygen atoms in total. The van der Waals surface area contributed by atoms with Crippen molar-refractivity contribution in [3.05, 3.63) is 93.7 Å². The number of aryl methyl sites for hydroxylation is 2. The summed E-state index contributed by atoms with van der Waals surface area (Å²) >= 11 is 12.4. The summed E-state index contributed by atoms with van der Waals surface area (Å²) in [6, 6.07) is 19.0. The van der Waals surface area contributed by atoms with Gasteiger partial charge in [0.1, 0.15) is 22.6 Å². The Morgan fingerprint density at radius 2 is 1.73 bits per heavy atom. The molecule has 9 heteroatoms. The van der Waals surface area contributed by atoms with Crippen molar-refractivity contribution in [2.75, 3.05) is 23.3 Å². The van der Waals surface area contributed by atoms with Gasteiger partial charge in [0.15, 0.2) is 0 Å². The largest absolute Gasteiger partial charge is 0.457 e. The van der Waals surface area contributed by atoms with Gasteiger partial charge in [0.25, 0.3) is 0 Å². The lowest BCUT2D eigenvalue weighted by Gasteiger charge is -2.22. The van der Waals surface area contributed by atoms with E-state index in [2.05, 4.69) is 48.2 Å². The van der Waals surface area contributed by atoms with E-state index in [4.69, 9.17) is 32.7 Å². The molecule has 0 aliphatic heterocycles. The Balaban J connectivity index is 1.32. The highest BCUT2D eigenvalue weighted by molar-refractivity contribution is 6.43. The molecule has 1 N–H and O–H groups in total. The number of aromatic nitrogens is 3. The quantitative estimate of drug-likeness (QED) is 0.190. The van der Waals surface area contributed by atoms with Gasteiger partial charge in [0.05, 0.1) is 15.7 Å². The number of furan rings is 1. The molecule has 0 saturated heterocycles. The fourth-order valence-corrected chi connectivity index (χ4v) is 4.97. The number of carbonyl (C=O) groups excluding carboxylic acids is 1. The van der Waals surface area contributed by atoms with Crippen LogP contribution in [-0.4, -0.2) is 34.0 Å². The maximum atomic E-state index is 12.7. The van der Waals surface area contributed by atoms with Gasteiger partial charge in [0.2, 0.25) is 5.91 Å².